The standard InChI is InChI=1S/C27H25ClFN5O6S/c1-14-7-10-22(41(36,37)38)19(11-14)33-27-31-13-18(29)25(32-15-8-9-21(39-3)17(28)12-15)34(27)20-6-4-5-16-23(20)40-24(16)26(35)30-2/h4-13,24-25,32H,1-3H3,(H,30,35)(H,31,33)(H,36,37,38). The second kappa shape index (κ2) is 10.9. The molecule has 0 aromatic heterocycles. The number of amides is 1. The van der Waals surface area contributed by atoms with Crippen LogP contribution in [0.2, 0.25) is 5.02 Å². The van der Waals surface area contributed by atoms with E-state index < -0.39 is 33.1 Å². The number of guanidine groups is 1. The summed E-state index contributed by atoms with van der Waals surface area (Å²) in [4.78, 5) is 17.5. The average molecular weight is 602 g/mol. The highest BCUT2D eigenvalue weighted by atomic mass is 35.5. The van der Waals surface area contributed by atoms with Gasteiger partial charge in [0.05, 0.1) is 29.7 Å². The first kappa shape index (κ1) is 28.2. The van der Waals surface area contributed by atoms with E-state index in [0.29, 0.717) is 34.0 Å². The SMILES string of the molecule is CNC(=O)C1Oc2c1cccc2N1C(Nc2cc(C)ccc2S(=O)(=O)O)=NC=C(F)C1Nc1ccc(OC)c(Cl)c1. The molecule has 2 atom stereocenters. The van der Waals surface area contributed by atoms with E-state index in [1.807, 2.05) is 0 Å². The van der Waals surface area contributed by atoms with Crippen LogP contribution in [0, 0.1) is 6.92 Å². The Morgan fingerprint density at radius 3 is 2.66 bits per heavy atom. The van der Waals surface area contributed by atoms with Crippen LogP contribution in [0.15, 0.2) is 76.5 Å². The molecule has 2 heterocycles. The fourth-order valence-corrected chi connectivity index (χ4v) is 5.38. The maximum atomic E-state index is 15.6. The van der Waals surface area contributed by atoms with Crippen LogP contribution in [0.25, 0.3) is 0 Å². The number of rotatable bonds is 7. The third kappa shape index (κ3) is 5.38. The van der Waals surface area contributed by atoms with Gasteiger partial charge in [-0.3, -0.25) is 14.2 Å². The van der Waals surface area contributed by atoms with Crippen molar-refractivity contribution in [3.63, 3.8) is 0 Å². The number of methoxy groups -OCH3 is 1. The maximum absolute atomic E-state index is 15.6. The van der Waals surface area contributed by atoms with Crippen molar-refractivity contribution in [3.8, 4) is 11.5 Å². The molecule has 0 saturated carbocycles. The number of carbonyl (C=O) groups is 1. The number of aryl methyl sites for hydroxylation is 1. The molecule has 0 radical (unpaired) electrons. The first-order valence-corrected chi connectivity index (χ1v) is 14.0. The minimum atomic E-state index is -4.63. The summed E-state index contributed by atoms with van der Waals surface area (Å²) in [6.45, 7) is 1.74. The van der Waals surface area contributed by atoms with E-state index in [0.717, 1.165) is 6.20 Å². The first-order chi connectivity index (χ1) is 19.5. The van der Waals surface area contributed by atoms with Gasteiger partial charge >= 0.3 is 0 Å². The summed E-state index contributed by atoms with van der Waals surface area (Å²) in [5.41, 5.74) is 2.03. The van der Waals surface area contributed by atoms with Gasteiger partial charge in [0.25, 0.3) is 16.0 Å². The van der Waals surface area contributed by atoms with Crippen molar-refractivity contribution in [2.24, 2.45) is 4.99 Å². The van der Waals surface area contributed by atoms with E-state index in [1.54, 1.807) is 43.3 Å². The lowest BCUT2D eigenvalue weighted by atomic mass is 9.99. The third-order valence-electron chi connectivity index (χ3n) is 6.46. The molecule has 2 aliphatic rings. The van der Waals surface area contributed by atoms with Crippen LogP contribution in [-0.4, -0.2) is 45.2 Å². The molecule has 2 aliphatic heterocycles. The fraction of sp³-hybridized carbons (Fsp3) is 0.185. The lowest BCUT2D eigenvalue weighted by Crippen LogP contribution is -2.51. The van der Waals surface area contributed by atoms with Gasteiger partial charge in [0.1, 0.15) is 10.6 Å². The number of fused-ring (bicyclic) bond motifs is 1. The molecule has 0 saturated heterocycles. The van der Waals surface area contributed by atoms with Crippen molar-refractivity contribution < 1.29 is 31.6 Å². The number of anilines is 3. The highest BCUT2D eigenvalue weighted by Gasteiger charge is 2.41. The van der Waals surface area contributed by atoms with Gasteiger partial charge in [-0.1, -0.05) is 29.8 Å². The molecular weight excluding hydrogens is 577 g/mol. The molecule has 14 heteroatoms. The Bertz CT molecular complexity index is 1710. The van der Waals surface area contributed by atoms with E-state index in [-0.39, 0.29) is 22.6 Å². The normalized spacial score (nSPS) is 17.8. The zero-order valence-electron chi connectivity index (χ0n) is 22.0. The van der Waals surface area contributed by atoms with Gasteiger partial charge in [-0.05, 0) is 48.9 Å². The number of benzene rings is 3. The van der Waals surface area contributed by atoms with E-state index in [9.17, 15) is 17.8 Å². The van der Waals surface area contributed by atoms with Gasteiger partial charge in [-0.15, -0.1) is 0 Å². The van der Waals surface area contributed by atoms with Gasteiger partial charge < -0.3 is 25.4 Å². The topological polar surface area (TPSA) is 142 Å². The van der Waals surface area contributed by atoms with E-state index in [2.05, 4.69) is 20.9 Å². The first-order valence-electron chi connectivity index (χ1n) is 12.2. The highest BCUT2D eigenvalue weighted by Crippen LogP contribution is 2.48. The Hall–Kier alpha value is -4.33. The van der Waals surface area contributed by atoms with Crippen molar-refractivity contribution in [3.05, 3.63) is 82.8 Å². The molecule has 2 unspecified atom stereocenters. The lowest BCUT2D eigenvalue weighted by Gasteiger charge is -2.40. The molecule has 0 bridgehead atoms. The molecule has 11 nitrogen and oxygen atoms in total. The number of halogens is 2. The minimum absolute atomic E-state index is 0.000554. The summed E-state index contributed by atoms with van der Waals surface area (Å²) in [7, 11) is -1.67. The van der Waals surface area contributed by atoms with Gasteiger partial charge in [-0.25, -0.2) is 9.38 Å². The van der Waals surface area contributed by atoms with Crippen molar-refractivity contribution in [2.75, 3.05) is 29.7 Å². The van der Waals surface area contributed by atoms with Crippen molar-refractivity contribution in [1.29, 1.82) is 0 Å². The Balaban J connectivity index is 1.62. The van der Waals surface area contributed by atoms with E-state index in [1.165, 1.54) is 37.3 Å². The predicted octanol–water partition coefficient (Wildman–Crippen LogP) is 4.62. The molecule has 5 rings (SSSR count). The Kier molecular flexibility index (Phi) is 7.51. The number of aliphatic imine (C=N–C) groups is 1. The number of hydrogen-bond acceptors (Lipinski definition) is 9. The largest absolute Gasteiger partial charge is 0.495 e. The van der Waals surface area contributed by atoms with Gasteiger partial charge in [0.15, 0.2) is 17.7 Å². The van der Waals surface area contributed by atoms with Crippen molar-refractivity contribution in [1.82, 2.24) is 5.32 Å². The summed E-state index contributed by atoms with van der Waals surface area (Å²) < 4.78 is 60.7. The molecule has 0 aliphatic carbocycles. The van der Waals surface area contributed by atoms with Crippen molar-refractivity contribution in [2.45, 2.75) is 24.1 Å². The molecule has 214 valence electrons. The second-order valence-corrected chi connectivity index (χ2v) is 10.9. The van der Waals surface area contributed by atoms with E-state index >= 15 is 4.39 Å². The molecule has 1 amide bonds. The Morgan fingerprint density at radius 2 is 1.98 bits per heavy atom. The molecule has 3 aromatic rings. The third-order valence-corrected chi connectivity index (χ3v) is 7.67. The van der Waals surface area contributed by atoms with Gasteiger partial charge in [0, 0.05) is 18.3 Å². The Morgan fingerprint density at radius 1 is 1.20 bits per heavy atom. The summed E-state index contributed by atoms with van der Waals surface area (Å²) >= 11 is 6.30. The quantitative estimate of drug-likeness (QED) is 0.285. The van der Waals surface area contributed by atoms with Gasteiger partial charge in [0.2, 0.25) is 12.1 Å². The number of nitrogens with zero attached hydrogens (tertiary/aromatic N) is 2. The molecule has 4 N–H and O–H groups in total. The van der Waals surface area contributed by atoms with Crippen LogP contribution >= 0.6 is 11.6 Å². The predicted molar refractivity (Wildman–Crippen MR) is 153 cm³/mol. The molecular formula is C27H25ClFN5O6S. The van der Waals surface area contributed by atoms with Crippen LogP contribution in [-0.2, 0) is 14.9 Å². The van der Waals surface area contributed by atoms with Crippen LogP contribution < -0.4 is 30.3 Å². The average Bonchev–Trinajstić information content (AvgIpc) is 2.90. The van der Waals surface area contributed by atoms with Gasteiger partial charge in [-0.2, -0.15) is 8.42 Å². The molecule has 41 heavy (non-hydrogen) atoms. The number of ether oxygens (including phenoxy) is 2. The molecule has 3 aromatic carbocycles. The summed E-state index contributed by atoms with van der Waals surface area (Å²) in [6, 6.07) is 14.1. The zero-order chi connectivity index (χ0) is 29.5. The van der Waals surface area contributed by atoms with E-state index in [4.69, 9.17) is 21.1 Å². The summed E-state index contributed by atoms with van der Waals surface area (Å²) in [5, 5.41) is 8.84. The van der Waals surface area contributed by atoms with Crippen LogP contribution in [0.5, 0.6) is 11.5 Å². The number of likely N-dealkylation sites (N-methyl/N-ethyl adjacent to an activating group) is 1. The maximum Gasteiger partial charge on any atom is 0.296 e. The Labute approximate surface area is 240 Å². The minimum Gasteiger partial charge on any atom is -0.495 e. The number of para-hydroxylation sites is 1. The second-order valence-electron chi connectivity index (χ2n) is 9.14. The van der Waals surface area contributed by atoms with Crippen LogP contribution in [0.4, 0.5) is 21.5 Å². The number of carbonyl (C=O) groups excluding carboxylic acids is 1. The summed E-state index contributed by atoms with van der Waals surface area (Å²) in [6.07, 6.45) is -1.11. The smallest absolute Gasteiger partial charge is 0.296 e. The van der Waals surface area contributed by atoms with Crippen LogP contribution in [0.3, 0.4) is 0 Å². The highest BCUT2D eigenvalue weighted by molar-refractivity contribution is 7.86. The number of hydrogen-bond donors (Lipinski definition) is 4. The monoisotopic (exact) mass is 601 g/mol. The number of nitrogens with one attached hydrogen (secondary N) is 3. The molecule has 0 fully saturated rings. The zero-order valence-corrected chi connectivity index (χ0v) is 23.5. The summed E-state index contributed by atoms with van der Waals surface area (Å²) in [5.74, 6) is -0.315. The lowest BCUT2D eigenvalue weighted by molar-refractivity contribution is -0.129. The van der Waals surface area contributed by atoms with Crippen LogP contribution in [0.1, 0.15) is 17.2 Å². The van der Waals surface area contributed by atoms with Crippen molar-refractivity contribution >= 4 is 50.6 Å². The fourth-order valence-electron chi connectivity index (χ4n) is 4.50. The molecule has 0 spiro atoms.